The highest BCUT2D eigenvalue weighted by atomic mass is 35.5. The molecule has 0 saturated heterocycles. The van der Waals surface area contributed by atoms with E-state index in [4.69, 9.17) is 44.6 Å². The van der Waals surface area contributed by atoms with E-state index in [0.717, 1.165) is 49.0 Å². The second kappa shape index (κ2) is 16.2. The van der Waals surface area contributed by atoms with E-state index in [2.05, 4.69) is 0 Å². The largest absolute Gasteiger partial charge is 0.461 e. The molecule has 39 heavy (non-hydrogen) atoms. The van der Waals surface area contributed by atoms with Gasteiger partial charge in [-0.2, -0.15) is 0 Å². The molecule has 0 spiro atoms. The van der Waals surface area contributed by atoms with E-state index in [1.54, 1.807) is 17.0 Å². The number of halogens is 3. The summed E-state index contributed by atoms with van der Waals surface area (Å²) in [5.41, 5.74) is 1.06. The molecule has 2 aromatic rings. The van der Waals surface area contributed by atoms with Gasteiger partial charge in [-0.05, 0) is 92.7 Å². The first kappa shape index (κ1) is 32.2. The van der Waals surface area contributed by atoms with Gasteiger partial charge in [0.15, 0.2) is 0 Å². The van der Waals surface area contributed by atoms with Crippen molar-refractivity contribution in [2.45, 2.75) is 69.8 Å². The third-order valence-electron chi connectivity index (χ3n) is 7.25. The van der Waals surface area contributed by atoms with Crippen molar-refractivity contribution in [3.05, 3.63) is 55.7 Å². The molecule has 0 radical (unpaired) electrons. The van der Waals surface area contributed by atoms with Crippen LogP contribution in [0.1, 0.15) is 65.6 Å². The van der Waals surface area contributed by atoms with Crippen molar-refractivity contribution in [1.29, 1.82) is 0 Å². The Balaban J connectivity index is 1.44. The van der Waals surface area contributed by atoms with Crippen LogP contribution in [-0.2, 0) is 22.4 Å². The summed E-state index contributed by atoms with van der Waals surface area (Å²) < 4.78 is 5.32. The van der Waals surface area contributed by atoms with Crippen molar-refractivity contribution in [2.24, 2.45) is 11.8 Å². The van der Waals surface area contributed by atoms with Gasteiger partial charge in [0.1, 0.15) is 11.5 Å². The van der Waals surface area contributed by atoms with E-state index in [1.807, 2.05) is 25.1 Å². The van der Waals surface area contributed by atoms with Gasteiger partial charge in [-0.25, -0.2) is 4.79 Å². The van der Waals surface area contributed by atoms with Gasteiger partial charge in [-0.1, -0.05) is 30.1 Å². The number of hydrogen-bond donors (Lipinski definition) is 2. The van der Waals surface area contributed by atoms with E-state index in [1.165, 1.54) is 11.3 Å². The minimum absolute atomic E-state index is 0.0143. The molecule has 1 heterocycles. The zero-order chi connectivity index (χ0) is 28.4. The van der Waals surface area contributed by atoms with Gasteiger partial charge in [0.05, 0.1) is 19.1 Å². The zero-order valence-corrected chi connectivity index (χ0v) is 25.4. The summed E-state index contributed by atoms with van der Waals surface area (Å²) in [5, 5.41) is 20.9. The lowest BCUT2D eigenvalue weighted by Crippen LogP contribution is -2.34. The van der Waals surface area contributed by atoms with Gasteiger partial charge in [-0.3, -0.25) is 4.79 Å². The van der Waals surface area contributed by atoms with E-state index < -0.39 is 12.1 Å². The Labute approximate surface area is 250 Å². The Hall–Kier alpha value is -1.35. The normalized spacial score (nSPS) is 20.8. The Bertz CT molecular complexity index is 1050. The molecule has 216 valence electrons. The predicted octanol–water partition coefficient (Wildman–Crippen LogP) is 6.39. The van der Waals surface area contributed by atoms with Crippen LogP contribution in [-0.4, -0.2) is 64.8 Å². The van der Waals surface area contributed by atoms with Crippen LogP contribution in [0.3, 0.4) is 0 Å². The van der Waals surface area contributed by atoms with Gasteiger partial charge in [-0.15, -0.1) is 22.9 Å². The fourth-order valence-corrected chi connectivity index (χ4v) is 7.38. The summed E-state index contributed by atoms with van der Waals surface area (Å²) >= 11 is 20.3. The van der Waals surface area contributed by atoms with Crippen LogP contribution in [0.2, 0.25) is 10.0 Å². The van der Waals surface area contributed by atoms with Gasteiger partial charge in [0.25, 0.3) is 0 Å². The Morgan fingerprint density at radius 2 is 1.82 bits per heavy atom. The monoisotopic (exact) mass is 617 g/mol. The SMILES string of the molecule is CCCN(CCO)C(=O)CCOC(=O)c1ccc(CCC[C@@H]2[C@@H](CCc3cc(Cl)cc(Cl)c3)[C@H](O)C[C@H]2Cl)s1. The lowest BCUT2D eigenvalue weighted by Gasteiger charge is -2.23. The van der Waals surface area contributed by atoms with E-state index in [9.17, 15) is 14.7 Å². The van der Waals surface area contributed by atoms with Gasteiger partial charge in [0, 0.05) is 33.4 Å². The topological polar surface area (TPSA) is 87.1 Å². The fraction of sp³-hybridized carbons (Fsp3) is 0.586. The highest BCUT2D eigenvalue weighted by Crippen LogP contribution is 2.42. The molecule has 3 rings (SSSR count). The van der Waals surface area contributed by atoms with Gasteiger partial charge in [0.2, 0.25) is 5.91 Å². The molecular weight excluding hydrogens is 581 g/mol. The number of alkyl halides is 1. The molecule has 1 amide bonds. The Morgan fingerprint density at radius 1 is 1.08 bits per heavy atom. The Kier molecular flexibility index (Phi) is 13.3. The van der Waals surface area contributed by atoms with E-state index >= 15 is 0 Å². The molecule has 6 nitrogen and oxygen atoms in total. The maximum atomic E-state index is 12.5. The summed E-state index contributed by atoms with van der Waals surface area (Å²) in [5.74, 6) is -0.220. The second-order valence-electron chi connectivity index (χ2n) is 10.1. The predicted molar refractivity (Wildman–Crippen MR) is 158 cm³/mol. The molecule has 1 fully saturated rings. The Morgan fingerprint density at radius 3 is 2.51 bits per heavy atom. The molecule has 10 heteroatoms. The summed E-state index contributed by atoms with van der Waals surface area (Å²) in [4.78, 5) is 27.9. The summed E-state index contributed by atoms with van der Waals surface area (Å²) in [6.07, 6.45) is 5.30. The number of thiophene rings is 1. The average molecular weight is 619 g/mol. The van der Waals surface area contributed by atoms with E-state index in [-0.39, 0.29) is 49.3 Å². The molecule has 1 saturated carbocycles. The number of carbonyl (C=O) groups excluding carboxylic acids is 2. The maximum absolute atomic E-state index is 12.5. The number of amides is 1. The molecule has 1 aliphatic rings. The molecule has 1 aromatic carbocycles. The first-order valence-electron chi connectivity index (χ1n) is 13.6. The van der Waals surface area contributed by atoms with Crippen LogP contribution < -0.4 is 0 Å². The highest BCUT2D eigenvalue weighted by molar-refractivity contribution is 7.13. The number of ether oxygens (including phenoxy) is 1. The minimum Gasteiger partial charge on any atom is -0.461 e. The van der Waals surface area contributed by atoms with Crippen molar-refractivity contribution >= 4 is 58.0 Å². The number of aliphatic hydroxyl groups excluding tert-OH is 2. The van der Waals surface area contributed by atoms with Crippen molar-refractivity contribution in [3.8, 4) is 0 Å². The number of benzene rings is 1. The molecular formula is C29H38Cl3NO5S. The van der Waals surface area contributed by atoms with Gasteiger partial charge >= 0.3 is 5.97 Å². The molecule has 0 bridgehead atoms. The zero-order valence-electron chi connectivity index (χ0n) is 22.3. The molecule has 0 unspecified atom stereocenters. The molecule has 1 aromatic heterocycles. The minimum atomic E-state index is -0.427. The summed E-state index contributed by atoms with van der Waals surface area (Å²) in [7, 11) is 0. The lowest BCUT2D eigenvalue weighted by molar-refractivity contribution is -0.132. The van der Waals surface area contributed by atoms with Crippen LogP contribution in [0.5, 0.6) is 0 Å². The number of aryl methyl sites for hydroxylation is 2. The highest BCUT2D eigenvalue weighted by Gasteiger charge is 2.40. The standard InChI is InChI=1S/C29H38Cl3NO5S/c1-2-11-33(12-13-34)28(36)10-14-38-29(37)27-9-7-22(39-27)4-3-5-23-24(26(35)18-25(23)32)8-6-19-15-20(30)17-21(31)16-19/h7,9,15-17,23-26,34-35H,2-6,8,10-14,18H2,1H3/t23-,24-,25-,26-/m1/s1. The summed E-state index contributed by atoms with van der Waals surface area (Å²) in [6.45, 7) is 2.75. The van der Waals surface area contributed by atoms with Crippen LogP contribution >= 0.6 is 46.1 Å². The van der Waals surface area contributed by atoms with Crippen molar-refractivity contribution < 1.29 is 24.5 Å². The molecule has 2 N–H and O–H groups in total. The number of rotatable bonds is 15. The smallest absolute Gasteiger partial charge is 0.348 e. The van der Waals surface area contributed by atoms with Gasteiger partial charge < -0.3 is 19.8 Å². The van der Waals surface area contributed by atoms with E-state index in [0.29, 0.717) is 27.9 Å². The average Bonchev–Trinajstić information content (AvgIpc) is 3.46. The van der Waals surface area contributed by atoms with Crippen LogP contribution in [0.4, 0.5) is 0 Å². The maximum Gasteiger partial charge on any atom is 0.348 e. The van der Waals surface area contributed by atoms with Crippen LogP contribution in [0.15, 0.2) is 30.3 Å². The first-order chi connectivity index (χ1) is 18.7. The second-order valence-corrected chi connectivity index (χ2v) is 12.7. The number of esters is 1. The van der Waals surface area contributed by atoms with Crippen molar-refractivity contribution in [1.82, 2.24) is 4.90 Å². The number of carbonyl (C=O) groups is 2. The van der Waals surface area contributed by atoms with Crippen LogP contribution in [0.25, 0.3) is 0 Å². The molecule has 0 aliphatic heterocycles. The third kappa shape index (κ3) is 9.91. The molecule has 1 aliphatic carbocycles. The molecule has 4 atom stereocenters. The van der Waals surface area contributed by atoms with Crippen molar-refractivity contribution in [2.75, 3.05) is 26.3 Å². The quantitative estimate of drug-likeness (QED) is 0.178. The van der Waals surface area contributed by atoms with Crippen LogP contribution in [0, 0.1) is 11.8 Å². The number of nitrogens with zero attached hydrogens (tertiary/aromatic N) is 1. The summed E-state index contributed by atoms with van der Waals surface area (Å²) in [6, 6.07) is 9.25. The number of aliphatic hydroxyl groups is 2. The number of hydrogen-bond acceptors (Lipinski definition) is 6. The third-order valence-corrected chi connectivity index (χ3v) is 9.32. The first-order valence-corrected chi connectivity index (χ1v) is 15.6. The lowest BCUT2D eigenvalue weighted by atomic mass is 9.85. The van der Waals surface area contributed by atoms with Crippen molar-refractivity contribution in [3.63, 3.8) is 0 Å². The fourth-order valence-electron chi connectivity index (χ4n) is 5.37.